The molecule has 1 amide bonds. The number of likely N-dealkylation sites (tertiary alicyclic amines) is 1. The maximum absolute atomic E-state index is 11.7. The number of nitrogens with zero attached hydrogens (tertiary/aromatic N) is 2. The van der Waals surface area contributed by atoms with E-state index < -0.39 is 0 Å². The molecule has 0 aromatic heterocycles. The molecule has 1 aromatic carbocycles. The largest absolute Gasteiger partial charge is 0.450 e. The van der Waals surface area contributed by atoms with E-state index in [1.807, 2.05) is 31.2 Å². The van der Waals surface area contributed by atoms with Gasteiger partial charge in [0.25, 0.3) is 0 Å². The second-order valence-corrected chi connectivity index (χ2v) is 6.01. The number of ether oxygens (including phenoxy) is 2. The van der Waals surface area contributed by atoms with Crippen LogP contribution in [-0.4, -0.2) is 49.8 Å². The number of guanidine groups is 1. The number of nitrogens with two attached hydrogens (primary N) is 1. The number of hydrogen-bond acceptors (Lipinski definition) is 4. The maximum Gasteiger partial charge on any atom is 0.409 e. The van der Waals surface area contributed by atoms with Crippen molar-refractivity contribution >= 4 is 36.0 Å². The minimum Gasteiger partial charge on any atom is -0.450 e. The zero-order valence-corrected chi connectivity index (χ0v) is 17.8. The van der Waals surface area contributed by atoms with Crippen LogP contribution in [0, 0.1) is 0 Å². The van der Waals surface area contributed by atoms with Gasteiger partial charge in [-0.2, -0.15) is 0 Å². The molecule has 2 rings (SSSR count). The zero-order chi connectivity index (χ0) is 18.1. The van der Waals surface area contributed by atoms with E-state index in [0.717, 1.165) is 24.0 Å². The topological polar surface area (TPSA) is 89.2 Å². The van der Waals surface area contributed by atoms with E-state index in [2.05, 4.69) is 10.3 Å². The van der Waals surface area contributed by atoms with Gasteiger partial charge in [-0.25, -0.2) is 9.79 Å². The highest BCUT2D eigenvalue weighted by atomic mass is 127. The lowest BCUT2D eigenvalue weighted by Crippen LogP contribution is -2.48. The molecule has 0 bridgehead atoms. The number of nitrogens with one attached hydrogen (secondary N) is 1. The first-order chi connectivity index (χ1) is 12.1. The van der Waals surface area contributed by atoms with Crippen LogP contribution in [0.2, 0.25) is 0 Å². The van der Waals surface area contributed by atoms with Crippen LogP contribution >= 0.6 is 24.0 Å². The van der Waals surface area contributed by atoms with Crippen LogP contribution < -0.4 is 11.1 Å². The molecule has 8 heteroatoms. The van der Waals surface area contributed by atoms with Gasteiger partial charge < -0.3 is 25.4 Å². The van der Waals surface area contributed by atoms with E-state index in [9.17, 15) is 4.79 Å². The lowest BCUT2D eigenvalue weighted by atomic mass is 10.1. The standard InChI is InChI=1S/C18H28N4O3.HI/c1-3-25-18(23)22-10-8-16(9-11-22)21-17(19)20-12-14-6-4-5-7-15(14)13-24-2;/h4-7,16H,3,8-13H2,1-2H3,(H3,19,20,21);1H. The second-order valence-electron chi connectivity index (χ2n) is 6.01. The van der Waals surface area contributed by atoms with E-state index in [1.165, 1.54) is 0 Å². The number of piperidine rings is 1. The van der Waals surface area contributed by atoms with Crippen molar-refractivity contribution in [2.75, 3.05) is 26.8 Å². The summed E-state index contributed by atoms with van der Waals surface area (Å²) >= 11 is 0. The van der Waals surface area contributed by atoms with Crippen molar-refractivity contribution in [3.8, 4) is 0 Å². The molecule has 0 saturated carbocycles. The molecule has 0 spiro atoms. The van der Waals surface area contributed by atoms with Gasteiger partial charge in [-0.05, 0) is 30.9 Å². The molecule has 1 aromatic rings. The van der Waals surface area contributed by atoms with E-state index in [-0.39, 0.29) is 36.1 Å². The molecule has 3 N–H and O–H groups in total. The predicted octanol–water partition coefficient (Wildman–Crippen LogP) is 2.48. The fourth-order valence-corrected chi connectivity index (χ4v) is 2.85. The molecule has 0 aliphatic carbocycles. The molecule has 0 unspecified atom stereocenters. The molecule has 1 aliphatic rings. The van der Waals surface area contributed by atoms with Crippen LogP contribution in [0.5, 0.6) is 0 Å². The van der Waals surface area contributed by atoms with Gasteiger partial charge in [0.15, 0.2) is 5.96 Å². The molecule has 7 nitrogen and oxygen atoms in total. The summed E-state index contributed by atoms with van der Waals surface area (Å²) < 4.78 is 10.2. The Morgan fingerprint density at radius 2 is 1.96 bits per heavy atom. The van der Waals surface area contributed by atoms with Crippen LogP contribution in [0.15, 0.2) is 29.3 Å². The summed E-state index contributed by atoms with van der Waals surface area (Å²) in [7, 11) is 1.68. The molecule has 1 saturated heterocycles. The quantitative estimate of drug-likeness (QED) is 0.374. The molecular formula is C18H29IN4O3. The Hall–Kier alpha value is -1.55. The zero-order valence-electron chi connectivity index (χ0n) is 15.4. The van der Waals surface area contributed by atoms with Gasteiger partial charge in [0.2, 0.25) is 0 Å². The van der Waals surface area contributed by atoms with Gasteiger partial charge in [0, 0.05) is 26.2 Å². The number of rotatable bonds is 6. The number of methoxy groups -OCH3 is 1. The minimum absolute atomic E-state index is 0. The smallest absolute Gasteiger partial charge is 0.409 e. The van der Waals surface area contributed by atoms with Crippen molar-refractivity contribution in [2.45, 2.75) is 39.0 Å². The number of hydrogen-bond donors (Lipinski definition) is 2. The molecule has 1 aliphatic heterocycles. The molecule has 0 atom stereocenters. The number of halogens is 1. The Morgan fingerprint density at radius 1 is 1.31 bits per heavy atom. The number of benzene rings is 1. The first kappa shape index (κ1) is 22.5. The minimum atomic E-state index is -0.239. The fourth-order valence-electron chi connectivity index (χ4n) is 2.85. The van der Waals surface area contributed by atoms with Crippen LogP contribution in [-0.2, 0) is 22.6 Å². The Balaban J connectivity index is 0.00000338. The monoisotopic (exact) mass is 476 g/mol. The summed E-state index contributed by atoms with van der Waals surface area (Å²) in [4.78, 5) is 17.9. The van der Waals surface area contributed by atoms with Crippen molar-refractivity contribution in [1.82, 2.24) is 10.2 Å². The maximum atomic E-state index is 11.7. The van der Waals surface area contributed by atoms with Gasteiger partial charge in [-0.1, -0.05) is 24.3 Å². The lowest BCUT2D eigenvalue weighted by molar-refractivity contribution is 0.0963. The molecule has 0 radical (unpaired) electrons. The molecule has 146 valence electrons. The van der Waals surface area contributed by atoms with Gasteiger partial charge in [-0.3, -0.25) is 0 Å². The van der Waals surface area contributed by atoms with Crippen molar-refractivity contribution in [2.24, 2.45) is 10.7 Å². The van der Waals surface area contributed by atoms with Gasteiger partial charge in [-0.15, -0.1) is 24.0 Å². The second kappa shape index (κ2) is 11.9. The summed E-state index contributed by atoms with van der Waals surface area (Å²) in [5.41, 5.74) is 8.24. The summed E-state index contributed by atoms with van der Waals surface area (Å²) in [5.74, 6) is 0.432. The Bertz CT molecular complexity index is 590. The number of carbonyl (C=O) groups is 1. The van der Waals surface area contributed by atoms with Crippen LogP contribution in [0.4, 0.5) is 4.79 Å². The van der Waals surface area contributed by atoms with E-state index in [4.69, 9.17) is 15.2 Å². The summed E-state index contributed by atoms with van der Waals surface area (Å²) in [6, 6.07) is 8.26. The van der Waals surface area contributed by atoms with E-state index in [1.54, 1.807) is 12.0 Å². The number of amides is 1. The Kier molecular flexibility index (Phi) is 10.3. The van der Waals surface area contributed by atoms with Crippen LogP contribution in [0.1, 0.15) is 30.9 Å². The summed E-state index contributed by atoms with van der Waals surface area (Å²) in [6.45, 7) is 4.63. The Labute approximate surface area is 172 Å². The van der Waals surface area contributed by atoms with Crippen molar-refractivity contribution < 1.29 is 14.3 Å². The third-order valence-corrected chi connectivity index (χ3v) is 4.21. The fraction of sp³-hybridized carbons (Fsp3) is 0.556. The summed E-state index contributed by atoms with van der Waals surface area (Å²) in [5, 5.41) is 3.25. The van der Waals surface area contributed by atoms with Gasteiger partial charge >= 0.3 is 6.09 Å². The SMILES string of the molecule is CCOC(=O)N1CCC(NC(N)=NCc2ccccc2COC)CC1.I. The normalized spacial score (nSPS) is 15.3. The van der Waals surface area contributed by atoms with Gasteiger partial charge in [0.1, 0.15) is 0 Å². The number of carbonyl (C=O) groups excluding carboxylic acids is 1. The molecule has 1 heterocycles. The van der Waals surface area contributed by atoms with Gasteiger partial charge in [0.05, 0.1) is 19.8 Å². The van der Waals surface area contributed by atoms with Crippen molar-refractivity contribution in [3.05, 3.63) is 35.4 Å². The molecule has 26 heavy (non-hydrogen) atoms. The summed E-state index contributed by atoms with van der Waals surface area (Å²) in [6.07, 6.45) is 1.42. The third-order valence-electron chi connectivity index (χ3n) is 4.21. The number of aliphatic imine (C=N–C) groups is 1. The predicted molar refractivity (Wildman–Crippen MR) is 113 cm³/mol. The van der Waals surface area contributed by atoms with Crippen LogP contribution in [0.25, 0.3) is 0 Å². The highest BCUT2D eigenvalue weighted by Gasteiger charge is 2.23. The first-order valence-corrected chi connectivity index (χ1v) is 8.68. The van der Waals surface area contributed by atoms with E-state index >= 15 is 0 Å². The molecular weight excluding hydrogens is 447 g/mol. The average molecular weight is 476 g/mol. The average Bonchev–Trinajstić information content (AvgIpc) is 2.62. The van der Waals surface area contributed by atoms with Crippen molar-refractivity contribution in [1.29, 1.82) is 0 Å². The van der Waals surface area contributed by atoms with E-state index in [0.29, 0.717) is 38.8 Å². The lowest BCUT2D eigenvalue weighted by Gasteiger charge is -2.31. The highest BCUT2D eigenvalue weighted by molar-refractivity contribution is 14.0. The third kappa shape index (κ3) is 6.99. The molecule has 1 fully saturated rings. The Morgan fingerprint density at radius 3 is 2.58 bits per heavy atom. The van der Waals surface area contributed by atoms with Crippen LogP contribution in [0.3, 0.4) is 0 Å². The highest BCUT2D eigenvalue weighted by Crippen LogP contribution is 2.13. The van der Waals surface area contributed by atoms with Crippen molar-refractivity contribution in [3.63, 3.8) is 0 Å². The first-order valence-electron chi connectivity index (χ1n) is 8.68.